The van der Waals surface area contributed by atoms with E-state index in [4.69, 9.17) is 0 Å². The number of nitrogens with zero attached hydrogens (tertiary/aromatic N) is 2. The lowest BCUT2D eigenvalue weighted by atomic mass is 10.1. The molecule has 128 valence electrons. The van der Waals surface area contributed by atoms with E-state index in [0.29, 0.717) is 0 Å². The maximum atomic E-state index is 12.9. The summed E-state index contributed by atoms with van der Waals surface area (Å²) in [4.78, 5) is 5.11. The number of piperazine rings is 1. The zero-order chi connectivity index (χ0) is 16.6. The molecule has 0 unspecified atom stereocenters. The summed E-state index contributed by atoms with van der Waals surface area (Å²) >= 11 is 0. The van der Waals surface area contributed by atoms with Gasteiger partial charge in [0, 0.05) is 32.7 Å². The van der Waals surface area contributed by atoms with Crippen LogP contribution < -0.4 is 0 Å². The molecule has 3 rings (SSSR count). The van der Waals surface area contributed by atoms with Crippen LogP contribution in [0.1, 0.15) is 17.5 Å². The molecule has 3 heteroatoms. The Morgan fingerprint density at radius 1 is 0.667 bits per heavy atom. The van der Waals surface area contributed by atoms with Gasteiger partial charge in [0.25, 0.3) is 0 Å². The van der Waals surface area contributed by atoms with Crippen molar-refractivity contribution in [3.8, 4) is 0 Å². The first-order valence-electron chi connectivity index (χ1n) is 9.03. The molecule has 2 nitrogen and oxygen atoms in total. The molecule has 1 heterocycles. The van der Waals surface area contributed by atoms with Crippen molar-refractivity contribution in [2.45, 2.75) is 19.3 Å². The van der Waals surface area contributed by atoms with Gasteiger partial charge in [-0.05, 0) is 49.1 Å². The molecule has 0 aliphatic carbocycles. The van der Waals surface area contributed by atoms with E-state index in [9.17, 15) is 4.39 Å². The summed E-state index contributed by atoms with van der Waals surface area (Å²) in [6, 6.07) is 17.7. The van der Waals surface area contributed by atoms with Crippen molar-refractivity contribution in [3.63, 3.8) is 0 Å². The van der Waals surface area contributed by atoms with E-state index in [1.54, 1.807) is 12.1 Å². The van der Waals surface area contributed by atoms with Crippen molar-refractivity contribution in [1.82, 2.24) is 9.80 Å². The van der Waals surface area contributed by atoms with Gasteiger partial charge in [-0.3, -0.25) is 0 Å². The van der Waals surface area contributed by atoms with Crippen LogP contribution in [0.25, 0.3) is 0 Å². The molecule has 1 fully saturated rings. The molecular formula is C21H27FN2. The quantitative estimate of drug-likeness (QED) is 0.767. The fourth-order valence-electron chi connectivity index (χ4n) is 3.33. The van der Waals surface area contributed by atoms with Crippen LogP contribution in [0.4, 0.5) is 4.39 Å². The van der Waals surface area contributed by atoms with Gasteiger partial charge in [0.2, 0.25) is 0 Å². The molecule has 0 spiro atoms. The Labute approximate surface area is 144 Å². The Balaban J connectivity index is 1.31. The monoisotopic (exact) mass is 326 g/mol. The highest BCUT2D eigenvalue weighted by Crippen LogP contribution is 2.09. The Morgan fingerprint density at radius 2 is 1.25 bits per heavy atom. The van der Waals surface area contributed by atoms with E-state index in [1.165, 1.54) is 30.5 Å². The summed E-state index contributed by atoms with van der Waals surface area (Å²) in [5.74, 6) is -0.150. The van der Waals surface area contributed by atoms with Gasteiger partial charge in [0.05, 0.1) is 0 Å². The second kappa shape index (κ2) is 8.95. The first-order valence-corrected chi connectivity index (χ1v) is 9.03. The minimum Gasteiger partial charge on any atom is -0.301 e. The summed E-state index contributed by atoms with van der Waals surface area (Å²) in [5.41, 5.74) is 2.66. The fraction of sp³-hybridized carbons (Fsp3) is 0.429. The van der Waals surface area contributed by atoms with Crippen molar-refractivity contribution in [3.05, 3.63) is 71.5 Å². The van der Waals surface area contributed by atoms with E-state index in [0.717, 1.165) is 39.1 Å². The Kier molecular flexibility index (Phi) is 6.39. The predicted octanol–water partition coefficient (Wildman–Crippen LogP) is 3.62. The van der Waals surface area contributed by atoms with Crippen LogP contribution in [0.15, 0.2) is 54.6 Å². The van der Waals surface area contributed by atoms with Crippen LogP contribution in [0, 0.1) is 5.82 Å². The molecule has 1 saturated heterocycles. The molecule has 2 aromatic rings. The van der Waals surface area contributed by atoms with Crippen LogP contribution in [0.5, 0.6) is 0 Å². The average molecular weight is 326 g/mol. The summed E-state index contributed by atoms with van der Waals surface area (Å²) in [5, 5.41) is 0. The molecule has 0 atom stereocenters. The minimum absolute atomic E-state index is 0.150. The maximum absolute atomic E-state index is 12.9. The number of rotatable bonds is 7. The van der Waals surface area contributed by atoms with Gasteiger partial charge in [-0.1, -0.05) is 42.5 Å². The molecule has 0 aromatic heterocycles. The van der Waals surface area contributed by atoms with Crippen LogP contribution in [0.3, 0.4) is 0 Å². The molecule has 0 bridgehead atoms. The molecular weight excluding hydrogens is 299 g/mol. The van der Waals surface area contributed by atoms with Gasteiger partial charge in [-0.2, -0.15) is 0 Å². The lowest BCUT2D eigenvalue weighted by Gasteiger charge is -2.34. The number of hydrogen-bond acceptors (Lipinski definition) is 2. The molecule has 0 amide bonds. The second-order valence-electron chi connectivity index (χ2n) is 6.65. The summed E-state index contributed by atoms with van der Waals surface area (Å²) in [6.07, 6.45) is 3.42. The van der Waals surface area contributed by atoms with Gasteiger partial charge in [0.15, 0.2) is 0 Å². The van der Waals surface area contributed by atoms with Crippen molar-refractivity contribution < 1.29 is 4.39 Å². The third kappa shape index (κ3) is 5.43. The smallest absolute Gasteiger partial charge is 0.123 e. The third-order valence-electron chi connectivity index (χ3n) is 4.88. The van der Waals surface area contributed by atoms with Crippen molar-refractivity contribution >= 4 is 0 Å². The topological polar surface area (TPSA) is 6.48 Å². The first-order chi connectivity index (χ1) is 11.8. The number of benzene rings is 2. The molecule has 0 N–H and O–H groups in total. The minimum atomic E-state index is -0.150. The first kappa shape index (κ1) is 17.1. The molecule has 1 aliphatic rings. The van der Waals surface area contributed by atoms with Crippen LogP contribution in [-0.2, 0) is 12.8 Å². The largest absolute Gasteiger partial charge is 0.301 e. The molecule has 2 aromatic carbocycles. The van der Waals surface area contributed by atoms with Gasteiger partial charge in [-0.25, -0.2) is 4.39 Å². The van der Waals surface area contributed by atoms with Crippen LogP contribution >= 0.6 is 0 Å². The normalized spacial score (nSPS) is 16.4. The lowest BCUT2D eigenvalue weighted by Crippen LogP contribution is -2.47. The SMILES string of the molecule is Fc1ccc(CCN2CCN(CCCc3ccccc3)CC2)cc1. The fourth-order valence-corrected chi connectivity index (χ4v) is 3.33. The predicted molar refractivity (Wildman–Crippen MR) is 97.7 cm³/mol. The number of hydrogen-bond donors (Lipinski definition) is 0. The second-order valence-corrected chi connectivity index (χ2v) is 6.65. The number of aryl methyl sites for hydroxylation is 1. The van der Waals surface area contributed by atoms with Crippen molar-refractivity contribution in [2.24, 2.45) is 0 Å². The maximum Gasteiger partial charge on any atom is 0.123 e. The molecule has 24 heavy (non-hydrogen) atoms. The molecule has 0 radical (unpaired) electrons. The van der Waals surface area contributed by atoms with Crippen molar-refractivity contribution in [1.29, 1.82) is 0 Å². The van der Waals surface area contributed by atoms with Gasteiger partial charge in [0.1, 0.15) is 5.82 Å². The third-order valence-corrected chi connectivity index (χ3v) is 4.88. The van der Waals surface area contributed by atoms with Gasteiger partial charge >= 0.3 is 0 Å². The van der Waals surface area contributed by atoms with Gasteiger partial charge in [-0.15, -0.1) is 0 Å². The zero-order valence-electron chi connectivity index (χ0n) is 14.3. The summed E-state index contributed by atoms with van der Waals surface area (Å²) in [6.45, 7) is 6.89. The van der Waals surface area contributed by atoms with E-state index in [2.05, 4.69) is 40.1 Å². The van der Waals surface area contributed by atoms with E-state index in [1.807, 2.05) is 12.1 Å². The van der Waals surface area contributed by atoms with Crippen LogP contribution in [-0.4, -0.2) is 49.1 Å². The number of halogens is 1. The molecule has 0 saturated carbocycles. The van der Waals surface area contributed by atoms with E-state index < -0.39 is 0 Å². The van der Waals surface area contributed by atoms with Crippen LogP contribution in [0.2, 0.25) is 0 Å². The lowest BCUT2D eigenvalue weighted by molar-refractivity contribution is 0.132. The highest BCUT2D eigenvalue weighted by molar-refractivity contribution is 5.16. The molecule has 1 aliphatic heterocycles. The van der Waals surface area contributed by atoms with E-state index >= 15 is 0 Å². The Bertz CT molecular complexity index is 589. The highest BCUT2D eigenvalue weighted by atomic mass is 19.1. The summed E-state index contributed by atoms with van der Waals surface area (Å²) < 4.78 is 12.9. The summed E-state index contributed by atoms with van der Waals surface area (Å²) in [7, 11) is 0. The van der Waals surface area contributed by atoms with E-state index in [-0.39, 0.29) is 5.82 Å². The standard InChI is InChI=1S/C21H27FN2/c22-21-10-8-20(9-11-21)12-14-24-17-15-23(16-18-24)13-4-7-19-5-2-1-3-6-19/h1-3,5-6,8-11H,4,7,12-18H2. The van der Waals surface area contributed by atoms with Gasteiger partial charge < -0.3 is 9.80 Å². The highest BCUT2D eigenvalue weighted by Gasteiger charge is 2.16. The average Bonchev–Trinajstić information content (AvgIpc) is 2.63. The van der Waals surface area contributed by atoms with Crippen molar-refractivity contribution in [2.75, 3.05) is 39.3 Å². The Hall–Kier alpha value is -1.71. The Morgan fingerprint density at radius 3 is 1.92 bits per heavy atom. The zero-order valence-corrected chi connectivity index (χ0v) is 14.3.